The van der Waals surface area contributed by atoms with Gasteiger partial charge in [-0.1, -0.05) is 13.8 Å². The Hall–Kier alpha value is -0.180. The summed E-state index contributed by atoms with van der Waals surface area (Å²) in [7, 11) is 0. The summed E-state index contributed by atoms with van der Waals surface area (Å²) in [6.07, 6.45) is 4.44. The Morgan fingerprint density at radius 2 is 1.82 bits per heavy atom. The Morgan fingerprint density at radius 1 is 1.18 bits per heavy atom. The summed E-state index contributed by atoms with van der Waals surface area (Å²) < 4.78 is 26.9. The van der Waals surface area contributed by atoms with Crippen LogP contribution < -0.4 is 0 Å². The van der Waals surface area contributed by atoms with Crippen LogP contribution >= 0.6 is 0 Å². The fraction of sp³-hybridized carbons (Fsp3) is 1.00. The summed E-state index contributed by atoms with van der Waals surface area (Å²) in [6, 6.07) is 0. The summed E-state index contributed by atoms with van der Waals surface area (Å²) in [5.74, 6) is -1.67. The molecule has 98 valence electrons. The molecule has 0 amide bonds. The summed E-state index contributed by atoms with van der Waals surface area (Å²) in [5, 5.41) is 0. The molecule has 3 aliphatic rings. The van der Waals surface area contributed by atoms with E-state index < -0.39 is 11.3 Å². The van der Waals surface area contributed by atoms with Crippen molar-refractivity contribution in [2.24, 2.45) is 16.7 Å². The number of hydrogen-bond donors (Lipinski definition) is 0. The Morgan fingerprint density at radius 3 is 2.29 bits per heavy atom. The standard InChI is InChI=1S/C14H23F2N/c1-11(2)12(5-6-12)9-17-7-3-4-13(10-17)8-14(13,15)16/h11H,3-10H2,1-2H3. The zero-order valence-corrected chi connectivity index (χ0v) is 10.9. The third-order valence-corrected chi connectivity index (χ3v) is 5.52. The van der Waals surface area contributed by atoms with Gasteiger partial charge in [0.15, 0.2) is 0 Å². The van der Waals surface area contributed by atoms with Gasteiger partial charge in [-0.05, 0) is 43.6 Å². The molecule has 1 spiro atoms. The third-order valence-electron chi connectivity index (χ3n) is 5.52. The fourth-order valence-corrected chi connectivity index (χ4v) is 3.71. The number of halogens is 2. The molecule has 0 aromatic rings. The molecule has 1 saturated heterocycles. The molecule has 3 rings (SSSR count). The lowest BCUT2D eigenvalue weighted by molar-refractivity contribution is 0.0171. The second-order valence-electron chi connectivity index (χ2n) is 6.99. The summed E-state index contributed by atoms with van der Waals surface area (Å²) in [5.41, 5.74) is -0.166. The normalized spacial score (nSPS) is 38.6. The minimum Gasteiger partial charge on any atom is -0.302 e. The van der Waals surface area contributed by atoms with E-state index in [-0.39, 0.29) is 6.42 Å². The van der Waals surface area contributed by atoms with Gasteiger partial charge in [0.2, 0.25) is 0 Å². The van der Waals surface area contributed by atoms with Gasteiger partial charge in [-0.25, -0.2) is 8.78 Å². The first-order chi connectivity index (χ1) is 7.89. The van der Waals surface area contributed by atoms with Crippen LogP contribution in [0.25, 0.3) is 0 Å². The molecule has 1 unspecified atom stereocenters. The van der Waals surface area contributed by atoms with Crippen LogP contribution in [-0.2, 0) is 0 Å². The van der Waals surface area contributed by atoms with Crippen molar-refractivity contribution in [1.29, 1.82) is 0 Å². The number of nitrogens with zero attached hydrogens (tertiary/aromatic N) is 1. The van der Waals surface area contributed by atoms with Crippen LogP contribution in [0.4, 0.5) is 8.78 Å². The largest absolute Gasteiger partial charge is 0.302 e. The lowest BCUT2D eigenvalue weighted by Gasteiger charge is -2.36. The molecule has 0 bridgehead atoms. The first-order valence-corrected chi connectivity index (χ1v) is 6.99. The minimum absolute atomic E-state index is 0.144. The van der Waals surface area contributed by atoms with Gasteiger partial charge < -0.3 is 4.90 Å². The van der Waals surface area contributed by atoms with Crippen molar-refractivity contribution in [2.45, 2.75) is 51.9 Å². The van der Waals surface area contributed by atoms with E-state index in [1.54, 1.807) is 0 Å². The molecular formula is C14H23F2N. The maximum Gasteiger partial charge on any atom is 0.255 e. The molecule has 2 aliphatic carbocycles. The van der Waals surface area contributed by atoms with Crippen LogP contribution in [0.1, 0.15) is 46.0 Å². The first-order valence-electron chi connectivity index (χ1n) is 6.99. The molecule has 0 aromatic heterocycles. The number of hydrogen-bond acceptors (Lipinski definition) is 1. The van der Waals surface area contributed by atoms with Crippen molar-refractivity contribution in [3.8, 4) is 0 Å². The van der Waals surface area contributed by atoms with Gasteiger partial charge in [-0.3, -0.25) is 0 Å². The van der Waals surface area contributed by atoms with E-state index in [2.05, 4.69) is 18.7 Å². The molecule has 3 fully saturated rings. The maximum atomic E-state index is 13.4. The van der Waals surface area contributed by atoms with Crippen LogP contribution in [0.5, 0.6) is 0 Å². The molecule has 17 heavy (non-hydrogen) atoms. The van der Waals surface area contributed by atoms with Gasteiger partial charge >= 0.3 is 0 Å². The van der Waals surface area contributed by atoms with Gasteiger partial charge in [0.05, 0.1) is 5.41 Å². The maximum absolute atomic E-state index is 13.4. The second kappa shape index (κ2) is 3.43. The topological polar surface area (TPSA) is 3.24 Å². The monoisotopic (exact) mass is 243 g/mol. The molecule has 0 radical (unpaired) electrons. The van der Waals surface area contributed by atoms with Crippen molar-refractivity contribution < 1.29 is 8.78 Å². The van der Waals surface area contributed by atoms with Crippen LogP contribution in [0.15, 0.2) is 0 Å². The van der Waals surface area contributed by atoms with Crippen LogP contribution in [0.3, 0.4) is 0 Å². The molecule has 3 heteroatoms. The highest BCUT2D eigenvalue weighted by atomic mass is 19.3. The van der Waals surface area contributed by atoms with Crippen molar-refractivity contribution in [2.75, 3.05) is 19.6 Å². The lowest BCUT2D eigenvalue weighted by Crippen LogP contribution is -2.42. The highest BCUT2D eigenvalue weighted by Crippen LogP contribution is 2.65. The third kappa shape index (κ3) is 1.81. The fourth-order valence-electron chi connectivity index (χ4n) is 3.71. The highest BCUT2D eigenvalue weighted by molar-refractivity contribution is 5.13. The molecule has 0 N–H and O–H groups in total. The number of likely N-dealkylation sites (tertiary alicyclic amines) is 1. The molecule has 1 atom stereocenters. The lowest BCUT2D eigenvalue weighted by atomic mass is 9.88. The SMILES string of the molecule is CC(C)C1(CN2CCCC3(C2)CC3(F)F)CC1. The quantitative estimate of drug-likeness (QED) is 0.732. The van der Waals surface area contributed by atoms with Crippen LogP contribution in [0, 0.1) is 16.7 Å². The zero-order valence-electron chi connectivity index (χ0n) is 10.9. The van der Waals surface area contributed by atoms with Gasteiger partial charge in [0.25, 0.3) is 5.92 Å². The van der Waals surface area contributed by atoms with Crippen LogP contribution in [-0.4, -0.2) is 30.5 Å². The van der Waals surface area contributed by atoms with Gasteiger partial charge in [-0.2, -0.15) is 0 Å². The van der Waals surface area contributed by atoms with Gasteiger partial charge in [0.1, 0.15) is 0 Å². The van der Waals surface area contributed by atoms with Crippen molar-refractivity contribution in [3.05, 3.63) is 0 Å². The summed E-state index contributed by atoms with van der Waals surface area (Å²) in [4.78, 5) is 2.33. The Balaban J connectivity index is 1.62. The Labute approximate surface area is 103 Å². The van der Waals surface area contributed by atoms with E-state index in [1.807, 2.05) is 0 Å². The molecular weight excluding hydrogens is 220 g/mol. The van der Waals surface area contributed by atoms with Gasteiger partial charge in [-0.15, -0.1) is 0 Å². The molecule has 1 nitrogen and oxygen atoms in total. The average molecular weight is 243 g/mol. The molecule has 1 heterocycles. The highest BCUT2D eigenvalue weighted by Gasteiger charge is 2.71. The van der Waals surface area contributed by atoms with E-state index in [4.69, 9.17) is 0 Å². The van der Waals surface area contributed by atoms with Crippen LogP contribution in [0.2, 0.25) is 0 Å². The Bertz CT molecular complexity index is 320. The molecule has 0 aromatic carbocycles. The van der Waals surface area contributed by atoms with Crippen molar-refractivity contribution in [3.63, 3.8) is 0 Å². The van der Waals surface area contributed by atoms with Gasteiger partial charge in [0, 0.05) is 19.5 Å². The first kappa shape index (κ1) is 11.9. The average Bonchev–Trinajstić information content (AvgIpc) is 3.07. The number of rotatable bonds is 3. The minimum atomic E-state index is -2.36. The van der Waals surface area contributed by atoms with E-state index >= 15 is 0 Å². The number of alkyl halides is 2. The second-order valence-corrected chi connectivity index (χ2v) is 6.99. The predicted octanol–water partition coefficient (Wildman–Crippen LogP) is 3.54. The molecule has 1 aliphatic heterocycles. The van der Waals surface area contributed by atoms with Crippen molar-refractivity contribution >= 4 is 0 Å². The smallest absolute Gasteiger partial charge is 0.255 e. The summed E-state index contributed by atoms with van der Waals surface area (Å²) >= 11 is 0. The zero-order chi connectivity index (χ0) is 12.3. The summed E-state index contributed by atoms with van der Waals surface area (Å²) in [6.45, 7) is 7.29. The predicted molar refractivity (Wildman–Crippen MR) is 64.2 cm³/mol. The molecule has 2 saturated carbocycles. The number of piperidine rings is 1. The van der Waals surface area contributed by atoms with E-state index in [0.29, 0.717) is 17.9 Å². The van der Waals surface area contributed by atoms with E-state index in [9.17, 15) is 8.78 Å². The van der Waals surface area contributed by atoms with E-state index in [1.165, 1.54) is 12.8 Å². The van der Waals surface area contributed by atoms with E-state index in [0.717, 1.165) is 25.9 Å². The Kier molecular flexibility index (Phi) is 2.40. The van der Waals surface area contributed by atoms with Crippen molar-refractivity contribution in [1.82, 2.24) is 4.90 Å².